The Morgan fingerprint density at radius 3 is 2.58 bits per heavy atom. The summed E-state index contributed by atoms with van der Waals surface area (Å²) in [7, 11) is 1.80. The average molecular weight is 502 g/mol. The van der Waals surface area contributed by atoms with E-state index in [9.17, 15) is 10.2 Å². The van der Waals surface area contributed by atoms with Gasteiger partial charge in [0.15, 0.2) is 11.5 Å². The van der Waals surface area contributed by atoms with E-state index in [1.165, 1.54) is 11.1 Å². The molecular weight excluding hydrogens is 467 g/mol. The fourth-order valence-corrected chi connectivity index (χ4v) is 8.53. The first-order valence-corrected chi connectivity index (χ1v) is 11.6. The Hall–Kier alpha value is -0.196. The zero-order chi connectivity index (χ0) is 21.3. The molecule has 1 radical (unpaired) electrons. The molecule has 7 atom stereocenters. The summed E-state index contributed by atoms with van der Waals surface area (Å²) < 4.78 is 13.2. The van der Waals surface area contributed by atoms with Crippen LogP contribution in [0.25, 0.3) is 0 Å². The van der Waals surface area contributed by atoms with Crippen molar-refractivity contribution in [2.45, 2.75) is 88.6 Å². The van der Waals surface area contributed by atoms with Gasteiger partial charge in [0.2, 0.25) is 0 Å². The maximum atomic E-state index is 12.0. The number of phenolic OH excluding ortho intramolecular Hbond substituents is 1. The van der Waals surface area contributed by atoms with Crippen LogP contribution >= 0.6 is 0 Å². The summed E-state index contributed by atoms with van der Waals surface area (Å²) in [6, 6.07) is 4.26. The summed E-state index contributed by atoms with van der Waals surface area (Å²) >= 11 is 0. The molecule has 1 aromatic carbocycles. The molecule has 3 saturated carbocycles. The SMILES string of the molecule is COC12CCC3(CC1C(C)(O)C(C)(C)C)C1Cc4ccc(O)c5c4C3(CCN1)C2O5.[Y]. The van der Waals surface area contributed by atoms with Crippen LogP contribution in [0.2, 0.25) is 0 Å². The molecule has 31 heavy (non-hydrogen) atoms. The van der Waals surface area contributed by atoms with E-state index in [4.69, 9.17) is 9.47 Å². The third kappa shape index (κ3) is 2.27. The summed E-state index contributed by atoms with van der Waals surface area (Å²) in [5.41, 5.74) is 0.658. The second-order valence-corrected chi connectivity index (χ2v) is 11.8. The summed E-state index contributed by atoms with van der Waals surface area (Å²) in [5, 5.41) is 26.6. The zero-order valence-electron chi connectivity index (χ0n) is 19.4. The number of aliphatic hydroxyl groups is 1. The van der Waals surface area contributed by atoms with E-state index >= 15 is 0 Å². The molecule has 4 bridgehead atoms. The minimum atomic E-state index is -0.910. The number of phenols is 1. The number of hydrogen-bond donors (Lipinski definition) is 3. The van der Waals surface area contributed by atoms with Crippen molar-refractivity contribution in [3.05, 3.63) is 23.3 Å². The molecule has 7 rings (SSSR count). The van der Waals surface area contributed by atoms with Gasteiger partial charge in [-0.2, -0.15) is 0 Å². The fraction of sp³-hybridized carbons (Fsp3) is 0.760. The minimum Gasteiger partial charge on any atom is -0.504 e. The Balaban J connectivity index is 0.00000204. The van der Waals surface area contributed by atoms with E-state index < -0.39 is 11.2 Å². The standard InChI is InChI=1S/C25H35NO4.Y/c1-21(2,3)22(4,28)16-13-23-8-9-25(16,29-5)20-24(23)10-11-26-17(23)12-14-6-7-15(27)19(30-20)18(14)24;/h6-7,16-17,20,26-28H,8-13H2,1-5H3;. The van der Waals surface area contributed by atoms with Crippen LogP contribution in [0.5, 0.6) is 11.5 Å². The van der Waals surface area contributed by atoms with Crippen molar-refractivity contribution in [3.8, 4) is 11.5 Å². The Kier molecular flexibility index (Phi) is 4.72. The first kappa shape index (κ1) is 22.6. The van der Waals surface area contributed by atoms with Crippen molar-refractivity contribution in [2.24, 2.45) is 16.7 Å². The van der Waals surface area contributed by atoms with Crippen LogP contribution in [-0.4, -0.2) is 47.2 Å². The summed E-state index contributed by atoms with van der Waals surface area (Å²) in [5.74, 6) is 0.887. The molecule has 1 saturated heterocycles. The third-order valence-electron chi connectivity index (χ3n) is 10.4. The predicted octanol–water partition coefficient (Wildman–Crippen LogP) is 3.29. The predicted molar refractivity (Wildman–Crippen MR) is 114 cm³/mol. The van der Waals surface area contributed by atoms with Gasteiger partial charge in [0, 0.05) is 68.2 Å². The van der Waals surface area contributed by atoms with E-state index in [1.807, 2.05) is 6.92 Å². The van der Waals surface area contributed by atoms with Crippen molar-refractivity contribution in [2.75, 3.05) is 13.7 Å². The molecule has 4 fully saturated rings. The molecule has 167 valence electrons. The molecule has 0 amide bonds. The van der Waals surface area contributed by atoms with Crippen LogP contribution in [-0.2, 0) is 49.3 Å². The first-order chi connectivity index (χ1) is 14.1. The number of aromatic hydroxyl groups is 1. The quantitative estimate of drug-likeness (QED) is 0.579. The van der Waals surface area contributed by atoms with Crippen LogP contribution in [0.3, 0.4) is 0 Å². The topological polar surface area (TPSA) is 71.0 Å². The maximum Gasteiger partial charge on any atom is 0.165 e. The van der Waals surface area contributed by atoms with Gasteiger partial charge in [-0.15, -0.1) is 0 Å². The van der Waals surface area contributed by atoms with Crippen LogP contribution in [0.1, 0.15) is 64.5 Å². The van der Waals surface area contributed by atoms with Gasteiger partial charge in [0.25, 0.3) is 0 Å². The van der Waals surface area contributed by atoms with E-state index in [0.717, 1.165) is 38.6 Å². The Morgan fingerprint density at radius 1 is 1.16 bits per heavy atom. The third-order valence-corrected chi connectivity index (χ3v) is 10.4. The Bertz CT molecular complexity index is 942. The van der Waals surface area contributed by atoms with Crippen LogP contribution < -0.4 is 10.1 Å². The molecule has 5 nitrogen and oxygen atoms in total. The Morgan fingerprint density at radius 2 is 1.90 bits per heavy atom. The largest absolute Gasteiger partial charge is 0.504 e. The van der Waals surface area contributed by atoms with Gasteiger partial charge in [-0.1, -0.05) is 26.8 Å². The maximum absolute atomic E-state index is 12.0. The minimum absolute atomic E-state index is 0. The molecular formula is C25H35NO4Y. The molecule has 2 spiro atoms. The van der Waals surface area contributed by atoms with E-state index in [0.29, 0.717) is 11.8 Å². The van der Waals surface area contributed by atoms with Crippen LogP contribution in [0, 0.1) is 16.7 Å². The number of fused-ring (bicyclic) bond motifs is 2. The number of methoxy groups -OCH3 is 1. The van der Waals surface area contributed by atoms with Crippen LogP contribution in [0.15, 0.2) is 12.1 Å². The van der Waals surface area contributed by atoms with Gasteiger partial charge in [-0.25, -0.2) is 0 Å². The molecule has 0 aromatic heterocycles. The number of hydrogen-bond acceptors (Lipinski definition) is 5. The second-order valence-electron chi connectivity index (χ2n) is 11.8. The molecule has 3 N–H and O–H groups in total. The van der Waals surface area contributed by atoms with Crippen molar-refractivity contribution < 1.29 is 52.4 Å². The molecule has 6 heteroatoms. The van der Waals surface area contributed by atoms with E-state index in [2.05, 4.69) is 32.2 Å². The van der Waals surface area contributed by atoms with Gasteiger partial charge in [-0.05, 0) is 62.6 Å². The van der Waals surface area contributed by atoms with Gasteiger partial charge >= 0.3 is 0 Å². The fourth-order valence-electron chi connectivity index (χ4n) is 8.53. The molecule has 2 aliphatic heterocycles. The van der Waals surface area contributed by atoms with Gasteiger partial charge in [0.05, 0.1) is 5.60 Å². The zero-order valence-corrected chi connectivity index (χ0v) is 22.3. The number of nitrogens with one attached hydrogen (secondary N) is 1. The van der Waals surface area contributed by atoms with Gasteiger partial charge in [-0.3, -0.25) is 0 Å². The summed E-state index contributed by atoms with van der Waals surface area (Å²) in [4.78, 5) is 0. The monoisotopic (exact) mass is 502 g/mol. The van der Waals surface area contributed by atoms with Crippen molar-refractivity contribution in [1.29, 1.82) is 0 Å². The van der Waals surface area contributed by atoms with Crippen molar-refractivity contribution in [3.63, 3.8) is 0 Å². The molecule has 4 aliphatic carbocycles. The summed E-state index contributed by atoms with van der Waals surface area (Å²) in [6.07, 6.45) is 4.66. The van der Waals surface area contributed by atoms with Gasteiger partial charge < -0.3 is 25.0 Å². The normalized spacial score (nSPS) is 43.5. The number of rotatable bonds is 2. The number of benzene rings is 1. The van der Waals surface area contributed by atoms with Crippen LogP contribution in [0.4, 0.5) is 0 Å². The second kappa shape index (κ2) is 6.47. The smallest absolute Gasteiger partial charge is 0.165 e. The van der Waals surface area contributed by atoms with E-state index in [-0.39, 0.29) is 66.7 Å². The van der Waals surface area contributed by atoms with Crippen molar-refractivity contribution >= 4 is 0 Å². The Labute approximate surface area is 210 Å². The number of piperidine rings is 1. The molecule has 1 aromatic rings. The van der Waals surface area contributed by atoms with Crippen molar-refractivity contribution in [1.82, 2.24) is 5.32 Å². The molecule has 7 unspecified atom stereocenters. The average Bonchev–Trinajstić information content (AvgIpc) is 3.05. The molecule has 2 heterocycles. The van der Waals surface area contributed by atoms with Gasteiger partial charge in [0.1, 0.15) is 11.7 Å². The molecule has 6 aliphatic rings. The first-order valence-electron chi connectivity index (χ1n) is 11.6. The van der Waals surface area contributed by atoms with E-state index in [1.54, 1.807) is 13.2 Å². The summed E-state index contributed by atoms with van der Waals surface area (Å²) in [6.45, 7) is 9.33. The number of ether oxygens (including phenoxy) is 2.